The number of rotatable bonds is 8. The topological polar surface area (TPSA) is 138 Å². The Morgan fingerprint density at radius 1 is 1.08 bits per heavy atom. The molecule has 0 bridgehead atoms. The van der Waals surface area contributed by atoms with Crippen molar-refractivity contribution < 1.29 is 32.6 Å². The van der Waals surface area contributed by atoms with E-state index < -0.39 is 28.1 Å². The van der Waals surface area contributed by atoms with Gasteiger partial charge in [-0.3, -0.25) is 9.52 Å². The van der Waals surface area contributed by atoms with Crippen LogP contribution in [0.2, 0.25) is 0 Å². The number of fused-ring (bicyclic) bond motifs is 2. The van der Waals surface area contributed by atoms with Crippen molar-refractivity contribution in [2.75, 3.05) is 43.4 Å². The van der Waals surface area contributed by atoms with Gasteiger partial charge in [-0.2, -0.15) is 0 Å². The quantitative estimate of drug-likeness (QED) is 0.185. The molecule has 0 saturated carbocycles. The number of nitrogens with one attached hydrogen (secondary N) is 2. The average molecular weight is 723 g/mol. The summed E-state index contributed by atoms with van der Waals surface area (Å²) in [7, 11) is -2.15. The summed E-state index contributed by atoms with van der Waals surface area (Å²) in [6.45, 7) is 6.27. The first-order valence-electron chi connectivity index (χ1n) is 16.9. The van der Waals surface area contributed by atoms with E-state index in [4.69, 9.17) is 9.47 Å². The summed E-state index contributed by atoms with van der Waals surface area (Å²) in [5, 5.41) is 16.9. The molecule has 0 saturated heterocycles. The Kier molecular flexibility index (Phi) is 12.4. The Hall–Kier alpha value is -4.17. The minimum absolute atomic E-state index is 0.153. The zero-order valence-corrected chi connectivity index (χ0v) is 30.5. The van der Waals surface area contributed by atoms with Crippen molar-refractivity contribution in [3.8, 4) is 5.75 Å². The van der Waals surface area contributed by atoms with E-state index in [9.17, 15) is 23.1 Å². The Bertz CT molecular complexity index is 1860. The molecule has 3 aromatic carbocycles. The lowest BCUT2D eigenvalue weighted by Gasteiger charge is -2.35. The van der Waals surface area contributed by atoms with Gasteiger partial charge in [0.15, 0.2) is 0 Å². The predicted octanol–water partition coefficient (Wildman–Crippen LogP) is 6.66. The molecule has 1 aliphatic heterocycles. The lowest BCUT2D eigenvalue weighted by atomic mass is 10.0. The van der Waals surface area contributed by atoms with Crippen LogP contribution >= 0.6 is 11.3 Å². The second-order valence-electron chi connectivity index (χ2n) is 12.9. The monoisotopic (exact) mass is 722 g/mol. The molecule has 4 aromatic rings. The molecule has 3 N–H and O–H groups in total. The van der Waals surface area contributed by atoms with E-state index in [-0.39, 0.29) is 53.2 Å². The number of hydrogen-bond acceptors (Lipinski definition) is 8. The predicted molar refractivity (Wildman–Crippen MR) is 198 cm³/mol. The molecular formula is C37H46N4O7S2. The summed E-state index contributed by atoms with van der Waals surface area (Å²) in [5.41, 5.74) is 1.10. The number of urea groups is 1. The van der Waals surface area contributed by atoms with Crippen LogP contribution < -0.4 is 14.8 Å². The van der Waals surface area contributed by atoms with E-state index in [1.807, 2.05) is 56.3 Å². The first kappa shape index (κ1) is 37.1. The molecule has 1 aromatic heterocycles. The normalized spacial score (nSPS) is 19.9. The minimum Gasteiger partial charge on any atom is -0.490 e. The number of benzene rings is 3. The zero-order valence-electron chi connectivity index (χ0n) is 28.9. The van der Waals surface area contributed by atoms with E-state index in [0.717, 1.165) is 35.0 Å². The zero-order chi connectivity index (χ0) is 35.8. The highest BCUT2D eigenvalue weighted by Gasteiger charge is 2.31. The minimum atomic E-state index is -3.86. The van der Waals surface area contributed by atoms with Crippen LogP contribution in [0.25, 0.3) is 10.8 Å². The van der Waals surface area contributed by atoms with Crippen LogP contribution in [0.5, 0.6) is 5.75 Å². The van der Waals surface area contributed by atoms with Gasteiger partial charge in [0, 0.05) is 43.7 Å². The molecule has 1 aliphatic rings. The van der Waals surface area contributed by atoms with Crippen molar-refractivity contribution in [2.45, 2.75) is 62.5 Å². The van der Waals surface area contributed by atoms with Crippen molar-refractivity contribution in [1.82, 2.24) is 9.80 Å². The summed E-state index contributed by atoms with van der Waals surface area (Å²) < 4.78 is 41.5. The fourth-order valence-corrected chi connectivity index (χ4v) is 8.01. The Labute approximate surface area is 298 Å². The number of aliphatic hydroxyl groups is 1. The van der Waals surface area contributed by atoms with Crippen molar-refractivity contribution in [3.63, 3.8) is 0 Å². The molecule has 0 fully saturated rings. The van der Waals surface area contributed by atoms with Gasteiger partial charge >= 0.3 is 6.03 Å². The molecule has 50 heavy (non-hydrogen) atoms. The first-order valence-corrected chi connectivity index (χ1v) is 19.2. The van der Waals surface area contributed by atoms with Crippen molar-refractivity contribution in [3.05, 3.63) is 83.7 Å². The molecule has 0 aliphatic carbocycles. The highest BCUT2D eigenvalue weighted by Crippen LogP contribution is 2.30. The van der Waals surface area contributed by atoms with E-state index in [2.05, 4.69) is 10.0 Å². The fraction of sp³-hybridized carbons (Fsp3) is 0.405. The molecular weight excluding hydrogens is 677 g/mol. The van der Waals surface area contributed by atoms with E-state index >= 15 is 0 Å². The average Bonchev–Trinajstić information content (AvgIpc) is 3.66. The molecule has 0 spiro atoms. The first-order chi connectivity index (χ1) is 24.0. The van der Waals surface area contributed by atoms with Crippen LogP contribution in [0.15, 0.2) is 82.4 Å². The third kappa shape index (κ3) is 9.13. The SMILES string of the molecule is C[C@@H]1CCCCO[C@H](CN(C)C(=O)Nc2cccc3ccccc23)[C@H](C)CN([C@H](C)CO)C(=O)c2cc(NS(=O)(=O)c3cccs3)ccc2O1. The van der Waals surface area contributed by atoms with Crippen LogP contribution in [0, 0.1) is 5.92 Å². The smallest absolute Gasteiger partial charge is 0.321 e. The lowest BCUT2D eigenvalue weighted by Crippen LogP contribution is -2.48. The van der Waals surface area contributed by atoms with Crippen molar-refractivity contribution >= 4 is 55.4 Å². The van der Waals surface area contributed by atoms with Crippen molar-refractivity contribution in [1.29, 1.82) is 0 Å². The van der Waals surface area contributed by atoms with E-state index in [1.165, 1.54) is 12.1 Å². The van der Waals surface area contributed by atoms with Gasteiger partial charge in [0.05, 0.1) is 36.1 Å². The van der Waals surface area contributed by atoms with Gasteiger partial charge < -0.3 is 29.7 Å². The Morgan fingerprint density at radius 3 is 2.62 bits per heavy atom. The van der Waals surface area contributed by atoms with Crippen LogP contribution in [0.1, 0.15) is 50.4 Å². The highest BCUT2D eigenvalue weighted by atomic mass is 32.2. The number of ether oxygens (including phenoxy) is 2. The number of nitrogens with zero attached hydrogens (tertiary/aromatic N) is 2. The van der Waals surface area contributed by atoms with Crippen LogP contribution in [-0.4, -0.2) is 86.9 Å². The molecule has 4 atom stereocenters. The lowest BCUT2D eigenvalue weighted by molar-refractivity contribution is -0.0115. The second-order valence-corrected chi connectivity index (χ2v) is 15.7. The standard InChI is InChI=1S/C37H46N4O7S2/c1-25-22-41(26(2)24-42)36(43)31-21-29(39-50(45,46)35-16-10-20-49-35)17-18-33(31)48-27(3)11-7-8-19-47-34(25)23-40(4)37(44)38-32-15-9-13-28-12-5-6-14-30(28)32/h5-6,9-10,12-18,20-21,25-27,34,39,42H,7-8,11,19,22-24H2,1-4H3,(H,38,44)/t25-,26-,27-,34-/m1/s1. The summed E-state index contributed by atoms with van der Waals surface area (Å²) in [4.78, 5) is 31.0. The Balaban J connectivity index is 1.40. The van der Waals surface area contributed by atoms with E-state index in [1.54, 1.807) is 47.4 Å². The van der Waals surface area contributed by atoms with Gasteiger partial charge in [-0.05, 0) is 74.2 Å². The number of aliphatic hydroxyl groups excluding tert-OH is 1. The maximum absolute atomic E-state index is 14.4. The molecule has 0 radical (unpaired) electrons. The maximum Gasteiger partial charge on any atom is 0.321 e. The van der Waals surface area contributed by atoms with Gasteiger partial charge in [0.1, 0.15) is 9.96 Å². The number of likely N-dealkylation sites (N-methyl/N-ethyl adjacent to an activating group) is 1. The molecule has 0 unspecified atom stereocenters. The number of hydrogen-bond donors (Lipinski definition) is 3. The molecule has 5 rings (SSSR count). The molecule has 11 nitrogen and oxygen atoms in total. The molecule has 3 amide bonds. The number of carbonyl (C=O) groups excluding carboxylic acids is 2. The highest BCUT2D eigenvalue weighted by molar-refractivity contribution is 7.94. The number of sulfonamides is 1. The fourth-order valence-electron chi connectivity index (χ4n) is 5.97. The number of amides is 3. The number of carbonyl (C=O) groups is 2. The molecule has 13 heteroatoms. The maximum atomic E-state index is 14.4. The largest absolute Gasteiger partial charge is 0.490 e. The second kappa shape index (κ2) is 16.7. The van der Waals surface area contributed by atoms with Crippen LogP contribution in [0.4, 0.5) is 16.2 Å². The van der Waals surface area contributed by atoms with Crippen LogP contribution in [-0.2, 0) is 14.8 Å². The molecule has 268 valence electrons. The summed E-state index contributed by atoms with van der Waals surface area (Å²) in [6, 6.07) is 20.6. The van der Waals surface area contributed by atoms with Gasteiger partial charge in [-0.25, -0.2) is 13.2 Å². The molecule has 2 heterocycles. The summed E-state index contributed by atoms with van der Waals surface area (Å²) in [6.07, 6.45) is 1.62. The Morgan fingerprint density at radius 2 is 1.86 bits per heavy atom. The van der Waals surface area contributed by atoms with Gasteiger partial charge in [-0.1, -0.05) is 49.4 Å². The number of thiophene rings is 1. The van der Waals surface area contributed by atoms with Crippen LogP contribution in [0.3, 0.4) is 0 Å². The van der Waals surface area contributed by atoms with Gasteiger partial charge in [-0.15, -0.1) is 11.3 Å². The third-order valence-electron chi connectivity index (χ3n) is 8.90. The van der Waals surface area contributed by atoms with E-state index in [0.29, 0.717) is 24.5 Å². The third-order valence-corrected chi connectivity index (χ3v) is 11.7. The summed E-state index contributed by atoms with van der Waals surface area (Å²) >= 11 is 1.09. The van der Waals surface area contributed by atoms with Gasteiger partial charge in [0.2, 0.25) is 0 Å². The summed E-state index contributed by atoms with van der Waals surface area (Å²) in [5.74, 6) is -0.345. The van der Waals surface area contributed by atoms with Crippen molar-refractivity contribution in [2.24, 2.45) is 5.92 Å². The number of anilines is 2. The van der Waals surface area contributed by atoms with Gasteiger partial charge in [0.25, 0.3) is 15.9 Å².